The first-order chi connectivity index (χ1) is 13.6. The summed E-state index contributed by atoms with van der Waals surface area (Å²) in [5.74, 6) is 2.44. The molecule has 2 aromatic rings. The Kier molecular flexibility index (Phi) is 6.27. The van der Waals surface area contributed by atoms with Crippen LogP contribution in [-0.2, 0) is 14.9 Å². The van der Waals surface area contributed by atoms with Crippen LogP contribution in [0.1, 0.15) is 30.4 Å². The maximum Gasteiger partial charge on any atom is 0.209 e. The second-order valence-corrected chi connectivity index (χ2v) is 7.02. The molecule has 0 aliphatic carbocycles. The Bertz CT molecular complexity index is 801. The van der Waals surface area contributed by atoms with Gasteiger partial charge in [-0.3, -0.25) is 0 Å². The van der Waals surface area contributed by atoms with Crippen LogP contribution in [-0.4, -0.2) is 34.4 Å². The minimum atomic E-state index is -0.456. The van der Waals surface area contributed by atoms with E-state index >= 15 is 0 Å². The van der Waals surface area contributed by atoms with Crippen LogP contribution in [0.15, 0.2) is 55.1 Å². The smallest absolute Gasteiger partial charge is 0.209 e. The van der Waals surface area contributed by atoms with Gasteiger partial charge in [0.2, 0.25) is 6.29 Å². The fraction of sp³-hybridized carbons (Fsp3) is 0.391. The average Bonchev–Trinajstić information content (AvgIpc) is 2.74. The molecule has 150 valence electrons. The van der Waals surface area contributed by atoms with Crippen LogP contribution in [0.4, 0.5) is 0 Å². The van der Waals surface area contributed by atoms with E-state index in [4.69, 9.17) is 23.7 Å². The van der Waals surface area contributed by atoms with Gasteiger partial charge in [-0.25, -0.2) is 0 Å². The van der Waals surface area contributed by atoms with Crippen LogP contribution in [0.3, 0.4) is 0 Å². The number of hydrogen-bond acceptors (Lipinski definition) is 5. The van der Waals surface area contributed by atoms with Gasteiger partial charge in [0.25, 0.3) is 0 Å². The van der Waals surface area contributed by atoms with Gasteiger partial charge in [0.1, 0.15) is 17.2 Å². The summed E-state index contributed by atoms with van der Waals surface area (Å²) in [7, 11) is 4.93. The number of rotatable bonds is 8. The van der Waals surface area contributed by atoms with E-state index in [1.165, 1.54) is 0 Å². The molecular weight excluding hydrogens is 356 g/mol. The van der Waals surface area contributed by atoms with E-state index < -0.39 is 11.7 Å². The first-order valence-corrected chi connectivity index (χ1v) is 9.29. The van der Waals surface area contributed by atoms with Crippen molar-refractivity contribution in [2.45, 2.75) is 31.0 Å². The molecule has 3 unspecified atom stereocenters. The largest absolute Gasteiger partial charge is 0.497 e. The Balaban J connectivity index is 2.05. The molecule has 3 atom stereocenters. The lowest BCUT2D eigenvalue weighted by molar-refractivity contribution is -0.121. The van der Waals surface area contributed by atoms with Crippen molar-refractivity contribution in [3.05, 3.63) is 66.2 Å². The van der Waals surface area contributed by atoms with Gasteiger partial charge in [0.15, 0.2) is 6.79 Å². The molecule has 2 aromatic carbocycles. The number of allylic oxidation sites excluding steroid dienone is 1. The van der Waals surface area contributed by atoms with Gasteiger partial charge in [-0.2, -0.15) is 0 Å². The van der Waals surface area contributed by atoms with Crippen LogP contribution in [0.2, 0.25) is 0 Å². The van der Waals surface area contributed by atoms with Gasteiger partial charge in [-0.15, -0.1) is 6.58 Å². The Morgan fingerprint density at radius 2 is 1.79 bits per heavy atom. The lowest BCUT2D eigenvalue weighted by Gasteiger charge is -2.47. The second kappa shape index (κ2) is 8.67. The third kappa shape index (κ3) is 3.60. The standard InChI is InChI=1S/C23H28O5/c1-6-7-20-19-13-12-18(25-4)14-21(19)28-22(26-5)23(20,2)16-8-10-17(11-9-16)27-15-24-3/h6,8-14,20,22H,1,7,15H2,2-5H3. The summed E-state index contributed by atoms with van der Waals surface area (Å²) < 4.78 is 27.9. The van der Waals surface area contributed by atoms with Crippen molar-refractivity contribution in [3.8, 4) is 17.2 Å². The Morgan fingerprint density at radius 1 is 1.07 bits per heavy atom. The summed E-state index contributed by atoms with van der Waals surface area (Å²) in [6.07, 6.45) is 2.29. The van der Waals surface area contributed by atoms with Crippen LogP contribution >= 0.6 is 0 Å². The maximum atomic E-state index is 6.28. The molecule has 5 heteroatoms. The molecule has 5 nitrogen and oxygen atoms in total. The van der Waals surface area contributed by atoms with E-state index in [1.807, 2.05) is 30.3 Å². The average molecular weight is 384 g/mol. The molecule has 0 fully saturated rings. The van der Waals surface area contributed by atoms with Crippen LogP contribution < -0.4 is 14.2 Å². The van der Waals surface area contributed by atoms with Crippen molar-refractivity contribution in [1.82, 2.24) is 0 Å². The van der Waals surface area contributed by atoms with E-state index in [0.29, 0.717) is 0 Å². The molecule has 1 heterocycles. The molecule has 0 amide bonds. The summed E-state index contributed by atoms with van der Waals surface area (Å²) in [5.41, 5.74) is 1.82. The van der Waals surface area contributed by atoms with Gasteiger partial charge in [-0.1, -0.05) is 24.3 Å². The summed E-state index contributed by atoms with van der Waals surface area (Å²) in [5, 5.41) is 0. The minimum absolute atomic E-state index is 0.135. The summed E-state index contributed by atoms with van der Waals surface area (Å²) >= 11 is 0. The normalized spacial score (nSPS) is 23.4. The molecule has 0 saturated heterocycles. The fourth-order valence-corrected chi connectivity index (χ4v) is 3.96. The predicted octanol–water partition coefficient (Wildman–Crippen LogP) is 4.66. The molecule has 28 heavy (non-hydrogen) atoms. The van der Waals surface area contributed by atoms with Crippen molar-refractivity contribution in [2.75, 3.05) is 28.1 Å². The number of methoxy groups -OCH3 is 3. The van der Waals surface area contributed by atoms with E-state index in [-0.39, 0.29) is 12.7 Å². The molecule has 0 saturated carbocycles. The lowest BCUT2D eigenvalue weighted by Crippen LogP contribution is -2.49. The van der Waals surface area contributed by atoms with Gasteiger partial charge < -0.3 is 23.7 Å². The van der Waals surface area contributed by atoms with E-state index in [0.717, 1.165) is 34.8 Å². The van der Waals surface area contributed by atoms with E-state index in [1.54, 1.807) is 21.3 Å². The highest BCUT2D eigenvalue weighted by atomic mass is 16.7. The molecule has 0 N–H and O–H groups in total. The molecule has 0 spiro atoms. The third-order valence-corrected chi connectivity index (χ3v) is 5.48. The Hall–Kier alpha value is -2.50. The van der Waals surface area contributed by atoms with Gasteiger partial charge >= 0.3 is 0 Å². The number of fused-ring (bicyclic) bond motifs is 1. The van der Waals surface area contributed by atoms with Crippen molar-refractivity contribution < 1.29 is 23.7 Å². The SMILES string of the molecule is C=CCC1c2ccc(OC)cc2OC(OC)C1(C)c1ccc(OCOC)cc1. The fourth-order valence-electron chi connectivity index (χ4n) is 3.96. The molecule has 0 radical (unpaired) electrons. The zero-order valence-corrected chi connectivity index (χ0v) is 16.9. The lowest BCUT2D eigenvalue weighted by atomic mass is 9.65. The van der Waals surface area contributed by atoms with Crippen LogP contribution in [0, 0.1) is 0 Å². The van der Waals surface area contributed by atoms with Crippen LogP contribution in [0.25, 0.3) is 0 Å². The molecule has 0 bridgehead atoms. The topological polar surface area (TPSA) is 46.2 Å². The van der Waals surface area contributed by atoms with Crippen molar-refractivity contribution in [2.24, 2.45) is 0 Å². The predicted molar refractivity (Wildman–Crippen MR) is 108 cm³/mol. The second-order valence-electron chi connectivity index (χ2n) is 7.02. The summed E-state index contributed by atoms with van der Waals surface area (Å²) in [4.78, 5) is 0. The highest BCUT2D eigenvalue weighted by Gasteiger charge is 2.49. The minimum Gasteiger partial charge on any atom is -0.497 e. The van der Waals surface area contributed by atoms with Crippen molar-refractivity contribution >= 4 is 0 Å². The summed E-state index contributed by atoms with van der Waals surface area (Å²) in [6, 6.07) is 14.0. The van der Waals surface area contributed by atoms with Crippen LogP contribution in [0.5, 0.6) is 17.2 Å². The highest BCUT2D eigenvalue weighted by molar-refractivity contribution is 5.49. The molecule has 3 rings (SSSR count). The van der Waals surface area contributed by atoms with Crippen molar-refractivity contribution in [1.29, 1.82) is 0 Å². The molecule has 1 aliphatic heterocycles. The number of hydrogen-bond donors (Lipinski definition) is 0. The molecule has 0 aromatic heterocycles. The zero-order chi connectivity index (χ0) is 20.1. The number of ether oxygens (including phenoxy) is 5. The van der Waals surface area contributed by atoms with Crippen molar-refractivity contribution in [3.63, 3.8) is 0 Å². The van der Waals surface area contributed by atoms with Gasteiger partial charge in [0.05, 0.1) is 12.5 Å². The Labute approximate surface area is 166 Å². The van der Waals surface area contributed by atoms with Gasteiger partial charge in [-0.05, 0) is 42.7 Å². The maximum absolute atomic E-state index is 6.28. The van der Waals surface area contributed by atoms with E-state index in [9.17, 15) is 0 Å². The number of benzene rings is 2. The molecule has 1 aliphatic rings. The highest BCUT2D eigenvalue weighted by Crippen LogP contribution is 2.52. The monoisotopic (exact) mass is 384 g/mol. The van der Waals surface area contributed by atoms with Gasteiger partial charge in [0, 0.05) is 26.2 Å². The first-order valence-electron chi connectivity index (χ1n) is 9.29. The van der Waals surface area contributed by atoms with E-state index in [2.05, 4.69) is 31.7 Å². The summed E-state index contributed by atoms with van der Waals surface area (Å²) in [6.45, 7) is 6.37. The zero-order valence-electron chi connectivity index (χ0n) is 16.9. The molecular formula is C23H28O5. The Morgan fingerprint density at radius 3 is 2.39 bits per heavy atom. The quantitative estimate of drug-likeness (QED) is 0.489. The first kappa shape index (κ1) is 20.2. The third-order valence-electron chi connectivity index (χ3n) is 5.48.